The minimum Gasteiger partial charge on any atom is -0.480 e. The minimum absolute atomic E-state index is 0.0192. The quantitative estimate of drug-likeness (QED) is 0.732. The fourth-order valence-corrected chi connectivity index (χ4v) is 4.42. The molecular formula is C21H16ClN3O3. The van der Waals surface area contributed by atoms with E-state index in [9.17, 15) is 9.59 Å². The molecule has 0 bridgehead atoms. The number of amides is 1. The van der Waals surface area contributed by atoms with Crippen LogP contribution >= 0.6 is 11.6 Å². The first-order valence-corrected chi connectivity index (χ1v) is 9.31. The van der Waals surface area contributed by atoms with Gasteiger partial charge in [0.05, 0.1) is 17.4 Å². The highest BCUT2D eigenvalue weighted by Gasteiger charge is 2.67. The molecule has 2 unspecified atom stereocenters. The Hall–Kier alpha value is -3.12. The van der Waals surface area contributed by atoms with Crippen LogP contribution < -0.4 is 4.90 Å². The lowest BCUT2D eigenvalue weighted by Crippen LogP contribution is -2.29. The minimum atomic E-state index is -0.960. The second kappa shape index (κ2) is 5.94. The van der Waals surface area contributed by atoms with Gasteiger partial charge >= 0.3 is 5.97 Å². The number of halogens is 1. The average molecular weight is 394 g/mol. The number of carboxylic acids is 1. The highest BCUT2D eigenvalue weighted by Crippen LogP contribution is 2.67. The molecule has 1 amide bonds. The molecule has 2 aromatic carbocycles. The fraction of sp³-hybridized carbons (Fsp3) is 0.190. The third kappa shape index (κ3) is 2.38. The summed E-state index contributed by atoms with van der Waals surface area (Å²) < 4.78 is 1.46. The summed E-state index contributed by atoms with van der Waals surface area (Å²) in [5.74, 6) is -0.449. The van der Waals surface area contributed by atoms with Gasteiger partial charge in [0.2, 0.25) is 5.91 Å². The van der Waals surface area contributed by atoms with Crippen LogP contribution in [0.5, 0.6) is 0 Å². The molecule has 2 aliphatic rings. The van der Waals surface area contributed by atoms with E-state index in [2.05, 4.69) is 4.98 Å². The summed E-state index contributed by atoms with van der Waals surface area (Å²) in [7, 11) is 0. The molecule has 1 aliphatic carbocycles. The monoisotopic (exact) mass is 393 g/mol. The average Bonchev–Trinajstić information content (AvgIpc) is 3.19. The Balaban J connectivity index is 1.55. The number of aromatic nitrogens is 2. The number of anilines is 2. The molecule has 28 heavy (non-hydrogen) atoms. The van der Waals surface area contributed by atoms with Gasteiger partial charge in [0.1, 0.15) is 6.54 Å². The number of para-hydroxylation sites is 1. The van der Waals surface area contributed by atoms with E-state index in [1.165, 1.54) is 10.9 Å². The van der Waals surface area contributed by atoms with Crippen molar-refractivity contribution in [1.82, 2.24) is 9.55 Å². The van der Waals surface area contributed by atoms with E-state index in [1.807, 2.05) is 48.5 Å². The maximum Gasteiger partial charge on any atom is 0.323 e. The second-order valence-corrected chi connectivity index (χ2v) is 7.67. The Morgan fingerprint density at radius 1 is 1.21 bits per heavy atom. The van der Waals surface area contributed by atoms with E-state index in [1.54, 1.807) is 11.1 Å². The highest BCUT2D eigenvalue weighted by molar-refractivity contribution is 6.30. The van der Waals surface area contributed by atoms with Crippen molar-refractivity contribution in [3.8, 4) is 0 Å². The number of nitrogens with zero attached hydrogens (tertiary/aromatic N) is 3. The Morgan fingerprint density at radius 3 is 2.71 bits per heavy atom. The lowest BCUT2D eigenvalue weighted by Gasteiger charge is -2.15. The van der Waals surface area contributed by atoms with Crippen LogP contribution in [0.1, 0.15) is 23.5 Å². The number of hydrogen-bond donors (Lipinski definition) is 1. The van der Waals surface area contributed by atoms with Gasteiger partial charge < -0.3 is 9.67 Å². The van der Waals surface area contributed by atoms with Gasteiger partial charge in [-0.2, -0.15) is 0 Å². The third-order valence-corrected chi connectivity index (χ3v) is 5.86. The number of aliphatic carboxylic acids is 1. The SMILES string of the molecule is O=C(O)Cn1cnc(N2C(=O)C3(CC3c3ccc(Cl)cc3)c3ccccc32)c1. The maximum atomic E-state index is 13.6. The van der Waals surface area contributed by atoms with Crippen LogP contribution in [0.3, 0.4) is 0 Å². The summed E-state index contributed by atoms with van der Waals surface area (Å²) in [6.45, 7) is -0.199. The molecule has 3 aromatic rings. The first-order chi connectivity index (χ1) is 13.5. The van der Waals surface area contributed by atoms with E-state index in [-0.39, 0.29) is 18.4 Å². The Bertz CT molecular complexity index is 1110. The zero-order valence-electron chi connectivity index (χ0n) is 14.7. The predicted octanol–water partition coefficient (Wildman–Crippen LogP) is 3.72. The number of benzene rings is 2. The second-order valence-electron chi connectivity index (χ2n) is 7.24. The first-order valence-electron chi connectivity index (χ1n) is 8.94. The zero-order chi connectivity index (χ0) is 19.5. The van der Waals surface area contributed by atoms with Crippen LogP contribution in [-0.2, 0) is 21.5 Å². The normalized spacial score (nSPS) is 22.5. The lowest BCUT2D eigenvalue weighted by molar-refractivity contribution is -0.137. The Morgan fingerprint density at radius 2 is 1.96 bits per heavy atom. The van der Waals surface area contributed by atoms with Crippen molar-refractivity contribution < 1.29 is 14.7 Å². The van der Waals surface area contributed by atoms with Crippen LogP contribution in [0.2, 0.25) is 5.02 Å². The molecule has 5 rings (SSSR count). The summed E-state index contributed by atoms with van der Waals surface area (Å²) >= 11 is 6.01. The Labute approximate surface area is 166 Å². The molecule has 7 heteroatoms. The number of imidazole rings is 1. The topological polar surface area (TPSA) is 75.4 Å². The van der Waals surface area contributed by atoms with Crippen molar-refractivity contribution in [2.75, 3.05) is 4.90 Å². The first kappa shape index (κ1) is 17.0. The van der Waals surface area contributed by atoms with Crippen LogP contribution in [0.4, 0.5) is 11.5 Å². The third-order valence-electron chi connectivity index (χ3n) is 5.61. The number of carboxylic acid groups (broad SMARTS) is 1. The molecule has 0 saturated heterocycles. The Kier molecular flexibility index (Phi) is 3.61. The molecule has 2 atom stereocenters. The number of rotatable bonds is 4. The maximum absolute atomic E-state index is 13.6. The molecule has 2 heterocycles. The van der Waals surface area contributed by atoms with Gasteiger partial charge in [-0.1, -0.05) is 41.9 Å². The molecule has 0 radical (unpaired) electrons. The van der Waals surface area contributed by atoms with Gasteiger partial charge in [-0.25, -0.2) is 4.98 Å². The van der Waals surface area contributed by atoms with Gasteiger partial charge in [0.25, 0.3) is 0 Å². The van der Waals surface area contributed by atoms with E-state index < -0.39 is 11.4 Å². The summed E-state index contributed by atoms with van der Waals surface area (Å²) in [5.41, 5.74) is 2.30. The van der Waals surface area contributed by atoms with Crippen molar-refractivity contribution in [3.63, 3.8) is 0 Å². The van der Waals surface area contributed by atoms with Crippen LogP contribution in [0.25, 0.3) is 0 Å². The highest BCUT2D eigenvalue weighted by atomic mass is 35.5. The van der Waals surface area contributed by atoms with Crippen LogP contribution in [0.15, 0.2) is 61.1 Å². The van der Waals surface area contributed by atoms with E-state index in [0.29, 0.717) is 10.8 Å². The van der Waals surface area contributed by atoms with Crippen molar-refractivity contribution in [3.05, 3.63) is 77.2 Å². The van der Waals surface area contributed by atoms with Gasteiger partial charge in [0, 0.05) is 17.1 Å². The zero-order valence-corrected chi connectivity index (χ0v) is 15.5. The van der Waals surface area contributed by atoms with Crippen LogP contribution in [0, 0.1) is 0 Å². The summed E-state index contributed by atoms with van der Waals surface area (Å²) in [4.78, 5) is 30.4. The van der Waals surface area contributed by atoms with E-state index >= 15 is 0 Å². The van der Waals surface area contributed by atoms with Gasteiger partial charge in [-0.15, -0.1) is 0 Å². The predicted molar refractivity (Wildman–Crippen MR) is 104 cm³/mol. The van der Waals surface area contributed by atoms with Gasteiger partial charge in [-0.05, 0) is 35.7 Å². The standard InChI is InChI=1S/C21H16ClN3O3/c22-14-7-5-13(6-8-14)16-9-21(16)15-3-1-2-4-17(15)25(20(21)28)18-10-24(12-23-18)11-19(26)27/h1-8,10,12,16H,9,11H2,(H,26,27). The van der Waals surface area contributed by atoms with E-state index in [4.69, 9.17) is 16.7 Å². The van der Waals surface area contributed by atoms with Crippen molar-refractivity contribution in [2.24, 2.45) is 0 Å². The van der Waals surface area contributed by atoms with E-state index in [0.717, 1.165) is 23.2 Å². The largest absolute Gasteiger partial charge is 0.480 e. The molecule has 1 aromatic heterocycles. The number of fused-ring (bicyclic) bond motifs is 2. The summed E-state index contributed by atoms with van der Waals surface area (Å²) in [5, 5.41) is 9.65. The van der Waals surface area contributed by atoms with Crippen LogP contribution in [-0.4, -0.2) is 26.5 Å². The molecule has 1 fully saturated rings. The molecule has 140 valence electrons. The smallest absolute Gasteiger partial charge is 0.323 e. The molecular weight excluding hydrogens is 378 g/mol. The molecule has 1 saturated carbocycles. The fourth-order valence-electron chi connectivity index (χ4n) is 4.30. The molecule has 6 nitrogen and oxygen atoms in total. The van der Waals surface area contributed by atoms with Crippen molar-refractivity contribution in [1.29, 1.82) is 0 Å². The number of hydrogen-bond acceptors (Lipinski definition) is 3. The molecule has 1 aliphatic heterocycles. The number of carbonyl (C=O) groups is 2. The van der Waals surface area contributed by atoms with Gasteiger partial charge in [0.15, 0.2) is 5.82 Å². The summed E-state index contributed by atoms with van der Waals surface area (Å²) in [6, 6.07) is 15.4. The molecule has 1 spiro atoms. The van der Waals surface area contributed by atoms with Gasteiger partial charge in [-0.3, -0.25) is 14.5 Å². The lowest BCUT2D eigenvalue weighted by atomic mass is 9.92. The molecule has 1 N–H and O–H groups in total. The van der Waals surface area contributed by atoms with Crippen molar-refractivity contribution in [2.45, 2.75) is 24.3 Å². The summed E-state index contributed by atoms with van der Waals surface area (Å²) in [6.07, 6.45) is 3.77. The number of carbonyl (C=O) groups excluding carboxylic acids is 1. The van der Waals surface area contributed by atoms with Crippen molar-refractivity contribution >= 4 is 35.0 Å².